The molecule has 0 atom stereocenters. The number of urea groups is 1. The van der Waals surface area contributed by atoms with Crippen molar-refractivity contribution < 1.29 is 24.3 Å². The summed E-state index contributed by atoms with van der Waals surface area (Å²) in [6.45, 7) is 5.01. The van der Waals surface area contributed by atoms with E-state index in [2.05, 4.69) is 10.6 Å². The molecular formula is C27H24ClN3O5. The minimum atomic E-state index is -0.874. The highest BCUT2D eigenvalue weighted by Crippen LogP contribution is 2.34. The van der Waals surface area contributed by atoms with Gasteiger partial charge in [-0.15, -0.1) is 4.73 Å². The molecule has 0 spiro atoms. The molecule has 0 bridgehead atoms. The lowest BCUT2D eigenvalue weighted by molar-refractivity contribution is -0.153. The largest absolute Gasteiger partial charge is 0.492 e. The lowest BCUT2D eigenvalue weighted by atomic mass is 9.98. The number of carbonyl (C=O) groups excluding carboxylic acids is 3. The predicted octanol–water partition coefficient (Wildman–Crippen LogP) is 5.88. The van der Waals surface area contributed by atoms with Gasteiger partial charge in [0.2, 0.25) is 5.88 Å². The molecule has 2 amide bonds. The summed E-state index contributed by atoms with van der Waals surface area (Å²) in [5, 5.41) is 17.3. The highest BCUT2D eigenvalue weighted by Gasteiger charge is 2.30. The number of hydrogen-bond donors (Lipinski definition) is 3. The fraction of sp³-hybridized carbons (Fsp3) is 0.148. The summed E-state index contributed by atoms with van der Waals surface area (Å²) in [5.41, 5.74) is 0.579. The SMILES string of the molecule is CC(C)(C)C(=O)On1c(O)c(C(=O)c2ccccc2)c2ccc(NC(=O)Nc3ccc(Cl)cc3)cc21. The molecule has 1 heterocycles. The van der Waals surface area contributed by atoms with Gasteiger partial charge in [-0.3, -0.25) is 4.79 Å². The van der Waals surface area contributed by atoms with Crippen LogP contribution in [0, 0.1) is 5.41 Å². The normalized spacial score (nSPS) is 11.2. The van der Waals surface area contributed by atoms with Crippen LogP contribution in [0.4, 0.5) is 16.2 Å². The molecule has 4 aromatic rings. The molecule has 184 valence electrons. The maximum absolute atomic E-state index is 13.3. The molecule has 0 aliphatic heterocycles. The molecule has 0 aliphatic carbocycles. The molecule has 0 aliphatic rings. The number of hydrogen-bond acceptors (Lipinski definition) is 5. The lowest BCUT2D eigenvalue weighted by Gasteiger charge is -2.17. The number of carbonyl (C=O) groups is 3. The number of nitrogens with one attached hydrogen (secondary N) is 2. The van der Waals surface area contributed by atoms with Gasteiger partial charge in [-0.1, -0.05) is 41.9 Å². The molecule has 3 aromatic carbocycles. The zero-order chi connectivity index (χ0) is 26.0. The maximum atomic E-state index is 13.3. The van der Waals surface area contributed by atoms with E-state index >= 15 is 0 Å². The Balaban J connectivity index is 1.73. The number of anilines is 2. The van der Waals surface area contributed by atoms with Crippen LogP contribution in [-0.4, -0.2) is 27.6 Å². The fourth-order valence-corrected chi connectivity index (χ4v) is 3.55. The molecule has 9 heteroatoms. The summed E-state index contributed by atoms with van der Waals surface area (Å²) in [5.74, 6) is -1.57. The second-order valence-corrected chi connectivity index (χ2v) is 9.57. The van der Waals surface area contributed by atoms with Crippen LogP contribution in [0.15, 0.2) is 72.8 Å². The Kier molecular flexibility index (Phi) is 6.72. The zero-order valence-corrected chi connectivity index (χ0v) is 20.6. The second kappa shape index (κ2) is 9.75. The van der Waals surface area contributed by atoms with E-state index in [1.54, 1.807) is 87.5 Å². The number of ketones is 1. The third-order valence-corrected chi connectivity index (χ3v) is 5.56. The number of nitrogens with zero attached hydrogens (tertiary/aromatic N) is 1. The summed E-state index contributed by atoms with van der Waals surface area (Å²) < 4.78 is 0.918. The van der Waals surface area contributed by atoms with E-state index in [4.69, 9.17) is 16.4 Å². The van der Waals surface area contributed by atoms with Crippen molar-refractivity contribution in [3.05, 3.63) is 88.9 Å². The van der Waals surface area contributed by atoms with Crippen molar-refractivity contribution >= 4 is 51.7 Å². The van der Waals surface area contributed by atoms with E-state index in [1.807, 2.05) is 0 Å². The Labute approximate surface area is 212 Å². The van der Waals surface area contributed by atoms with Crippen LogP contribution in [0.25, 0.3) is 10.9 Å². The van der Waals surface area contributed by atoms with E-state index < -0.39 is 29.1 Å². The summed E-state index contributed by atoms with van der Waals surface area (Å²) in [6, 6.07) is 19.2. The molecule has 0 unspecified atom stereocenters. The van der Waals surface area contributed by atoms with E-state index in [-0.39, 0.29) is 11.1 Å². The van der Waals surface area contributed by atoms with Crippen LogP contribution in [0.1, 0.15) is 36.7 Å². The Hall–Kier alpha value is -4.30. The molecule has 0 saturated carbocycles. The number of aromatic hydroxyl groups is 1. The van der Waals surface area contributed by atoms with Crippen molar-refractivity contribution in [1.82, 2.24) is 4.73 Å². The van der Waals surface area contributed by atoms with Crippen molar-refractivity contribution in [1.29, 1.82) is 0 Å². The Morgan fingerprint density at radius 2 is 1.50 bits per heavy atom. The van der Waals surface area contributed by atoms with Gasteiger partial charge in [0.05, 0.1) is 16.5 Å². The van der Waals surface area contributed by atoms with Crippen LogP contribution in [-0.2, 0) is 4.79 Å². The van der Waals surface area contributed by atoms with Gasteiger partial charge in [0.25, 0.3) is 0 Å². The van der Waals surface area contributed by atoms with Crippen molar-refractivity contribution in [3.63, 3.8) is 0 Å². The van der Waals surface area contributed by atoms with E-state index in [0.717, 1.165) is 4.73 Å². The molecule has 4 rings (SSSR count). The van der Waals surface area contributed by atoms with Gasteiger partial charge in [-0.25, -0.2) is 9.59 Å². The molecule has 0 radical (unpaired) electrons. The highest BCUT2D eigenvalue weighted by atomic mass is 35.5. The Morgan fingerprint density at radius 3 is 2.14 bits per heavy atom. The average molecular weight is 506 g/mol. The van der Waals surface area contributed by atoms with E-state index in [1.165, 1.54) is 6.07 Å². The summed E-state index contributed by atoms with van der Waals surface area (Å²) in [6.07, 6.45) is 0. The summed E-state index contributed by atoms with van der Waals surface area (Å²) >= 11 is 5.88. The van der Waals surface area contributed by atoms with Crippen molar-refractivity contribution in [3.8, 4) is 5.88 Å². The van der Waals surface area contributed by atoms with Gasteiger partial charge in [0.15, 0.2) is 5.78 Å². The maximum Gasteiger partial charge on any atom is 0.338 e. The van der Waals surface area contributed by atoms with Crippen LogP contribution in [0.5, 0.6) is 5.88 Å². The highest BCUT2D eigenvalue weighted by molar-refractivity contribution is 6.30. The fourth-order valence-electron chi connectivity index (χ4n) is 3.42. The van der Waals surface area contributed by atoms with E-state index in [0.29, 0.717) is 27.3 Å². The van der Waals surface area contributed by atoms with Crippen LogP contribution in [0.3, 0.4) is 0 Å². The quantitative estimate of drug-likeness (QED) is 0.293. The number of aromatic nitrogens is 1. The second-order valence-electron chi connectivity index (χ2n) is 9.13. The van der Waals surface area contributed by atoms with Gasteiger partial charge in [-0.05, 0) is 63.2 Å². The third-order valence-electron chi connectivity index (χ3n) is 5.31. The van der Waals surface area contributed by atoms with E-state index in [9.17, 15) is 19.5 Å². The number of halogens is 1. The molecular weight excluding hydrogens is 482 g/mol. The Morgan fingerprint density at radius 1 is 0.889 bits per heavy atom. The number of benzene rings is 3. The number of amides is 2. The smallest absolute Gasteiger partial charge is 0.338 e. The Bertz CT molecular complexity index is 1460. The van der Waals surface area contributed by atoms with Gasteiger partial charge in [0, 0.05) is 27.3 Å². The molecule has 0 fully saturated rings. The molecule has 3 N–H and O–H groups in total. The van der Waals surface area contributed by atoms with Crippen molar-refractivity contribution in [2.24, 2.45) is 5.41 Å². The van der Waals surface area contributed by atoms with Gasteiger partial charge in [0.1, 0.15) is 0 Å². The molecule has 8 nitrogen and oxygen atoms in total. The van der Waals surface area contributed by atoms with Gasteiger partial charge in [-0.2, -0.15) is 0 Å². The zero-order valence-electron chi connectivity index (χ0n) is 19.8. The van der Waals surface area contributed by atoms with Gasteiger partial charge < -0.3 is 20.6 Å². The minimum absolute atomic E-state index is 0.0184. The summed E-state index contributed by atoms with van der Waals surface area (Å²) in [7, 11) is 0. The third kappa shape index (κ3) is 5.18. The first-order valence-electron chi connectivity index (χ1n) is 11.1. The van der Waals surface area contributed by atoms with Crippen LogP contribution >= 0.6 is 11.6 Å². The minimum Gasteiger partial charge on any atom is -0.492 e. The van der Waals surface area contributed by atoms with Gasteiger partial charge >= 0.3 is 12.0 Å². The predicted molar refractivity (Wildman–Crippen MR) is 139 cm³/mol. The molecule has 1 aromatic heterocycles. The first-order valence-corrected chi connectivity index (χ1v) is 11.5. The lowest BCUT2D eigenvalue weighted by Crippen LogP contribution is -2.31. The standard InChI is InChI=1S/C27H24ClN3O5/c1-27(2,3)25(34)36-31-21-15-19(30-26(35)29-18-11-9-17(28)10-12-18)13-14-20(21)22(24(31)33)23(32)16-7-5-4-6-8-16/h4-15,33H,1-3H3,(H2,29,30,35). The van der Waals surface area contributed by atoms with Crippen LogP contribution < -0.4 is 15.5 Å². The van der Waals surface area contributed by atoms with Crippen LogP contribution in [0.2, 0.25) is 5.02 Å². The molecule has 0 saturated heterocycles. The number of rotatable bonds is 5. The first-order chi connectivity index (χ1) is 17.0. The summed E-state index contributed by atoms with van der Waals surface area (Å²) in [4.78, 5) is 43.9. The van der Waals surface area contributed by atoms with Crippen molar-refractivity contribution in [2.75, 3.05) is 10.6 Å². The first kappa shape index (κ1) is 24.8. The van der Waals surface area contributed by atoms with Crippen molar-refractivity contribution in [2.45, 2.75) is 20.8 Å². The molecule has 36 heavy (non-hydrogen) atoms. The topological polar surface area (TPSA) is 110 Å². The number of fused-ring (bicyclic) bond motifs is 1. The average Bonchev–Trinajstić information content (AvgIpc) is 3.10. The monoisotopic (exact) mass is 505 g/mol.